The molecule has 2 aromatic carbocycles. The molecule has 0 fully saturated rings. The van der Waals surface area contributed by atoms with Gasteiger partial charge in [-0.15, -0.1) is 0 Å². The van der Waals surface area contributed by atoms with Gasteiger partial charge in [-0.05, 0) is 36.6 Å². The summed E-state index contributed by atoms with van der Waals surface area (Å²) in [7, 11) is 0. The molecule has 7 nitrogen and oxygen atoms in total. The lowest BCUT2D eigenvalue weighted by Gasteiger charge is -2.10. The van der Waals surface area contributed by atoms with Crippen molar-refractivity contribution in [3.8, 4) is 0 Å². The Morgan fingerprint density at radius 3 is 2.19 bits per heavy atom. The predicted octanol–water partition coefficient (Wildman–Crippen LogP) is 4.16. The van der Waals surface area contributed by atoms with E-state index in [2.05, 4.69) is 5.32 Å². The van der Waals surface area contributed by atoms with E-state index in [1.807, 2.05) is 13.8 Å². The summed E-state index contributed by atoms with van der Waals surface area (Å²) >= 11 is 0. The molecule has 2 N–H and O–H groups in total. The largest absolute Gasteiger partial charge is 0.481 e. The zero-order valence-electron chi connectivity index (χ0n) is 14.7. The number of benzene rings is 2. The standard InChI is InChI=1S/C19H20N2O5/c1-11(2)16-9-6-14(10-17(16)21(25)26)18(22)20-15-7-4-13(5-8-15)12(3)19(23)24/h4-12H,1-3H3,(H,20,22)(H,23,24). The fraction of sp³-hybridized carbons (Fsp3) is 0.263. The van der Waals surface area contributed by atoms with Gasteiger partial charge >= 0.3 is 5.97 Å². The number of nitrogens with one attached hydrogen (secondary N) is 1. The lowest BCUT2D eigenvalue weighted by Crippen LogP contribution is -2.13. The highest BCUT2D eigenvalue weighted by atomic mass is 16.6. The maximum Gasteiger partial charge on any atom is 0.310 e. The number of carboxylic acid groups (broad SMARTS) is 1. The Balaban J connectivity index is 2.21. The normalized spacial score (nSPS) is 11.8. The van der Waals surface area contributed by atoms with Crippen molar-refractivity contribution in [1.82, 2.24) is 0 Å². The van der Waals surface area contributed by atoms with Crippen molar-refractivity contribution in [2.75, 3.05) is 5.32 Å². The van der Waals surface area contributed by atoms with Gasteiger partial charge in [0, 0.05) is 22.9 Å². The number of anilines is 1. The topological polar surface area (TPSA) is 110 Å². The van der Waals surface area contributed by atoms with Crippen molar-refractivity contribution in [3.63, 3.8) is 0 Å². The Hall–Kier alpha value is -3.22. The first-order valence-corrected chi connectivity index (χ1v) is 8.13. The molecule has 1 unspecified atom stereocenters. The second-order valence-electron chi connectivity index (χ2n) is 6.32. The predicted molar refractivity (Wildman–Crippen MR) is 97.6 cm³/mol. The van der Waals surface area contributed by atoms with E-state index in [9.17, 15) is 19.7 Å². The van der Waals surface area contributed by atoms with Crippen LogP contribution < -0.4 is 5.32 Å². The number of hydrogen-bond acceptors (Lipinski definition) is 4. The van der Waals surface area contributed by atoms with Crippen LogP contribution in [0.3, 0.4) is 0 Å². The number of nitro groups is 1. The van der Waals surface area contributed by atoms with Crippen LogP contribution in [0.1, 0.15) is 54.1 Å². The quantitative estimate of drug-likeness (QED) is 0.596. The van der Waals surface area contributed by atoms with Crippen LogP contribution in [0.2, 0.25) is 0 Å². The maximum atomic E-state index is 12.4. The van der Waals surface area contributed by atoms with Crippen molar-refractivity contribution < 1.29 is 19.6 Å². The summed E-state index contributed by atoms with van der Waals surface area (Å²) < 4.78 is 0. The highest BCUT2D eigenvalue weighted by Gasteiger charge is 2.19. The average Bonchev–Trinajstić information content (AvgIpc) is 2.60. The first-order valence-electron chi connectivity index (χ1n) is 8.13. The van der Waals surface area contributed by atoms with E-state index in [0.29, 0.717) is 16.8 Å². The fourth-order valence-corrected chi connectivity index (χ4v) is 2.53. The van der Waals surface area contributed by atoms with Gasteiger partial charge in [-0.1, -0.05) is 32.0 Å². The first-order chi connectivity index (χ1) is 12.2. The fourth-order valence-electron chi connectivity index (χ4n) is 2.53. The SMILES string of the molecule is CC(C)c1ccc(C(=O)Nc2ccc(C(C)C(=O)O)cc2)cc1[N+](=O)[O-]. The highest BCUT2D eigenvalue weighted by molar-refractivity contribution is 6.04. The summed E-state index contributed by atoms with van der Waals surface area (Å²) in [5.74, 6) is -2.08. The van der Waals surface area contributed by atoms with Gasteiger partial charge in [-0.2, -0.15) is 0 Å². The summed E-state index contributed by atoms with van der Waals surface area (Å²) in [6.45, 7) is 5.27. The molecule has 0 saturated heterocycles. The van der Waals surface area contributed by atoms with E-state index in [1.165, 1.54) is 6.07 Å². The molecule has 2 rings (SSSR count). The first kappa shape index (κ1) is 19.1. The molecule has 0 saturated carbocycles. The molecule has 0 aliphatic rings. The number of hydrogen-bond donors (Lipinski definition) is 2. The van der Waals surface area contributed by atoms with Crippen LogP contribution in [-0.2, 0) is 4.79 Å². The Morgan fingerprint density at radius 2 is 1.69 bits per heavy atom. The van der Waals surface area contributed by atoms with E-state index < -0.39 is 22.7 Å². The zero-order valence-corrected chi connectivity index (χ0v) is 14.7. The number of carboxylic acids is 1. The van der Waals surface area contributed by atoms with E-state index in [-0.39, 0.29) is 17.2 Å². The summed E-state index contributed by atoms with van der Waals surface area (Å²) in [6, 6.07) is 10.9. The molecule has 0 aliphatic carbocycles. The van der Waals surface area contributed by atoms with Gasteiger partial charge in [0.1, 0.15) is 0 Å². The van der Waals surface area contributed by atoms with Crippen molar-refractivity contribution in [2.24, 2.45) is 0 Å². The summed E-state index contributed by atoms with van der Waals surface area (Å²) in [4.78, 5) is 34.1. The molecule has 2 aromatic rings. The van der Waals surface area contributed by atoms with Gasteiger partial charge in [0.2, 0.25) is 0 Å². The van der Waals surface area contributed by atoms with Gasteiger partial charge in [0.25, 0.3) is 11.6 Å². The second-order valence-corrected chi connectivity index (χ2v) is 6.32. The summed E-state index contributed by atoms with van der Waals surface area (Å²) in [6.07, 6.45) is 0. The van der Waals surface area contributed by atoms with Gasteiger partial charge in [0.15, 0.2) is 0 Å². The number of nitro benzene ring substituents is 1. The van der Waals surface area contributed by atoms with Gasteiger partial charge < -0.3 is 10.4 Å². The molecule has 136 valence electrons. The molecule has 1 atom stereocenters. The lowest BCUT2D eigenvalue weighted by atomic mass is 9.99. The Bertz CT molecular complexity index is 844. The van der Waals surface area contributed by atoms with Crippen LogP contribution in [0.5, 0.6) is 0 Å². The summed E-state index contributed by atoms with van der Waals surface area (Å²) in [5.41, 5.74) is 1.76. The van der Waals surface area contributed by atoms with Gasteiger partial charge in [-0.25, -0.2) is 0 Å². The number of carbonyl (C=O) groups excluding carboxylic acids is 1. The van der Waals surface area contributed by atoms with Crippen LogP contribution in [0.15, 0.2) is 42.5 Å². The van der Waals surface area contributed by atoms with E-state index in [4.69, 9.17) is 5.11 Å². The van der Waals surface area contributed by atoms with Crippen LogP contribution in [0.25, 0.3) is 0 Å². The van der Waals surface area contributed by atoms with Crippen LogP contribution in [0.4, 0.5) is 11.4 Å². The average molecular weight is 356 g/mol. The third kappa shape index (κ3) is 4.24. The molecule has 0 aromatic heterocycles. The maximum absolute atomic E-state index is 12.4. The Labute approximate surface area is 150 Å². The molecular weight excluding hydrogens is 336 g/mol. The van der Waals surface area contributed by atoms with Crippen LogP contribution in [0, 0.1) is 10.1 Å². The van der Waals surface area contributed by atoms with Crippen molar-refractivity contribution in [3.05, 3.63) is 69.3 Å². The number of carbonyl (C=O) groups is 2. The number of aliphatic carboxylic acids is 1. The third-order valence-electron chi connectivity index (χ3n) is 4.15. The minimum atomic E-state index is -0.931. The molecule has 0 radical (unpaired) electrons. The van der Waals surface area contributed by atoms with Crippen LogP contribution >= 0.6 is 0 Å². The van der Waals surface area contributed by atoms with E-state index in [1.54, 1.807) is 43.3 Å². The number of rotatable bonds is 6. The van der Waals surface area contributed by atoms with E-state index >= 15 is 0 Å². The number of nitrogens with zero attached hydrogens (tertiary/aromatic N) is 1. The Morgan fingerprint density at radius 1 is 1.08 bits per heavy atom. The smallest absolute Gasteiger partial charge is 0.310 e. The zero-order chi connectivity index (χ0) is 19.4. The molecule has 0 spiro atoms. The molecule has 0 heterocycles. The van der Waals surface area contributed by atoms with Gasteiger partial charge in [-0.3, -0.25) is 19.7 Å². The molecule has 1 amide bonds. The monoisotopic (exact) mass is 356 g/mol. The minimum absolute atomic E-state index is 0.0312. The number of amides is 1. The molecule has 7 heteroatoms. The highest BCUT2D eigenvalue weighted by Crippen LogP contribution is 2.27. The van der Waals surface area contributed by atoms with Crippen molar-refractivity contribution >= 4 is 23.3 Å². The second kappa shape index (κ2) is 7.77. The van der Waals surface area contributed by atoms with Gasteiger partial charge in [0.05, 0.1) is 10.8 Å². The third-order valence-corrected chi connectivity index (χ3v) is 4.15. The summed E-state index contributed by atoms with van der Waals surface area (Å²) in [5, 5.41) is 22.9. The minimum Gasteiger partial charge on any atom is -0.481 e. The molecule has 26 heavy (non-hydrogen) atoms. The molecule has 0 aliphatic heterocycles. The van der Waals surface area contributed by atoms with Crippen LogP contribution in [-0.4, -0.2) is 21.9 Å². The molecule has 0 bridgehead atoms. The molecular formula is C19H20N2O5. The van der Waals surface area contributed by atoms with Crippen molar-refractivity contribution in [2.45, 2.75) is 32.6 Å². The van der Waals surface area contributed by atoms with E-state index in [0.717, 1.165) is 0 Å². The Kier molecular flexibility index (Phi) is 5.71. The van der Waals surface area contributed by atoms with Crippen molar-refractivity contribution in [1.29, 1.82) is 0 Å². The lowest BCUT2D eigenvalue weighted by molar-refractivity contribution is -0.385.